The molecular weight excluding hydrogens is 234 g/mol. The lowest BCUT2D eigenvalue weighted by molar-refractivity contribution is -0.151. The zero-order chi connectivity index (χ0) is 14.0. The van der Waals surface area contributed by atoms with Crippen LogP contribution in [0.2, 0.25) is 0 Å². The molecule has 0 radical (unpaired) electrons. The van der Waals surface area contributed by atoms with E-state index in [4.69, 9.17) is 0 Å². The molecule has 1 aromatic heterocycles. The second kappa shape index (κ2) is 5.20. The van der Waals surface area contributed by atoms with Gasteiger partial charge >= 0.3 is 5.97 Å². The fourth-order valence-electron chi connectivity index (χ4n) is 2.19. The van der Waals surface area contributed by atoms with Gasteiger partial charge < -0.3 is 10.0 Å². The van der Waals surface area contributed by atoms with Crippen LogP contribution in [0, 0.1) is 13.8 Å². The highest BCUT2D eigenvalue weighted by Gasteiger charge is 2.34. The molecule has 0 bridgehead atoms. The Bertz CT molecular complexity index is 446. The van der Waals surface area contributed by atoms with Gasteiger partial charge in [0, 0.05) is 24.2 Å². The van der Waals surface area contributed by atoms with E-state index in [1.807, 2.05) is 0 Å². The Morgan fingerprint density at radius 3 is 2.17 bits per heavy atom. The van der Waals surface area contributed by atoms with E-state index in [9.17, 15) is 14.7 Å². The van der Waals surface area contributed by atoms with Crippen LogP contribution in [0.1, 0.15) is 43.8 Å². The van der Waals surface area contributed by atoms with Gasteiger partial charge in [-0.1, -0.05) is 0 Å². The third-order valence-corrected chi connectivity index (χ3v) is 2.89. The molecule has 0 spiro atoms. The molecule has 18 heavy (non-hydrogen) atoms. The Hall–Kier alpha value is -1.85. The Balaban J connectivity index is 3.34. The molecule has 6 heteroatoms. The highest BCUT2D eigenvalue weighted by atomic mass is 16.4. The molecule has 1 atom stereocenters. The minimum atomic E-state index is -1.05. The van der Waals surface area contributed by atoms with Gasteiger partial charge in [-0.15, -0.1) is 0 Å². The number of carboxylic acid groups (broad SMARTS) is 1. The van der Waals surface area contributed by atoms with Gasteiger partial charge in [-0.05, 0) is 27.7 Å². The lowest BCUT2D eigenvalue weighted by Gasteiger charge is -2.31. The smallest absolute Gasteiger partial charge is 0.331 e. The van der Waals surface area contributed by atoms with Crippen LogP contribution in [0.3, 0.4) is 0 Å². The van der Waals surface area contributed by atoms with Crippen LogP contribution in [0.25, 0.3) is 0 Å². The number of hydrogen-bond acceptors (Lipinski definition) is 3. The maximum absolute atomic E-state index is 11.7. The maximum Gasteiger partial charge on any atom is 0.331 e. The van der Waals surface area contributed by atoms with Crippen molar-refractivity contribution in [3.8, 4) is 0 Å². The number of carbonyl (C=O) groups excluding carboxylic acids is 1. The summed E-state index contributed by atoms with van der Waals surface area (Å²) in [5.41, 5.74) is 1.84. The van der Waals surface area contributed by atoms with Gasteiger partial charge in [-0.25, -0.2) is 4.79 Å². The second-order valence-corrected chi connectivity index (χ2v) is 4.61. The van der Waals surface area contributed by atoms with Crippen LogP contribution in [-0.4, -0.2) is 38.1 Å². The van der Waals surface area contributed by atoms with Crippen LogP contribution < -0.4 is 0 Å². The molecule has 1 rings (SSSR count). The van der Waals surface area contributed by atoms with Crippen LogP contribution in [0.15, 0.2) is 0 Å². The van der Waals surface area contributed by atoms with E-state index in [1.165, 1.54) is 11.8 Å². The average Bonchev–Trinajstić information content (AvgIpc) is 2.54. The van der Waals surface area contributed by atoms with E-state index in [0.29, 0.717) is 17.0 Å². The van der Waals surface area contributed by atoms with E-state index in [0.717, 1.165) is 0 Å². The van der Waals surface area contributed by atoms with Crippen molar-refractivity contribution in [1.29, 1.82) is 0 Å². The van der Waals surface area contributed by atoms with Crippen LogP contribution in [0.5, 0.6) is 0 Å². The number of rotatable bonds is 4. The number of aromatic amines is 1. The summed E-state index contributed by atoms with van der Waals surface area (Å²) in [4.78, 5) is 24.6. The standard InChI is InChI=1S/C12H19N3O3/c1-6(2)15(9(5)16)11(12(17)18)10-7(3)13-14-8(10)4/h6,11H,1-5H3,(H,13,14)(H,17,18). The first-order chi connectivity index (χ1) is 8.27. The molecular formula is C12H19N3O3. The molecule has 0 aromatic carbocycles. The van der Waals surface area contributed by atoms with Crippen LogP contribution in [0.4, 0.5) is 0 Å². The van der Waals surface area contributed by atoms with E-state index in [2.05, 4.69) is 10.2 Å². The number of aliphatic carboxylic acids is 1. The fraction of sp³-hybridized carbons (Fsp3) is 0.583. The Kier molecular flexibility index (Phi) is 4.11. The summed E-state index contributed by atoms with van der Waals surface area (Å²) in [6, 6.07) is -1.20. The third-order valence-electron chi connectivity index (χ3n) is 2.89. The average molecular weight is 253 g/mol. The summed E-state index contributed by atoms with van der Waals surface area (Å²) >= 11 is 0. The number of carboxylic acids is 1. The lowest BCUT2D eigenvalue weighted by Crippen LogP contribution is -2.42. The van der Waals surface area contributed by atoms with Gasteiger partial charge in [0.15, 0.2) is 6.04 Å². The monoisotopic (exact) mass is 253 g/mol. The zero-order valence-electron chi connectivity index (χ0n) is 11.3. The number of aromatic nitrogens is 2. The normalized spacial score (nSPS) is 12.6. The second-order valence-electron chi connectivity index (χ2n) is 4.61. The SMILES string of the molecule is CC(=O)N(C(C)C)C(C(=O)O)c1c(C)n[nH]c1C. The van der Waals surface area contributed by atoms with Crippen molar-refractivity contribution in [2.45, 2.75) is 46.7 Å². The Morgan fingerprint density at radius 2 is 1.89 bits per heavy atom. The summed E-state index contributed by atoms with van der Waals surface area (Å²) < 4.78 is 0. The third kappa shape index (κ3) is 2.52. The number of aryl methyl sites for hydroxylation is 2. The molecule has 0 saturated carbocycles. The molecule has 1 aromatic rings. The van der Waals surface area contributed by atoms with E-state index in [-0.39, 0.29) is 11.9 Å². The summed E-state index contributed by atoms with van der Waals surface area (Å²) in [5.74, 6) is -1.32. The molecule has 0 saturated heterocycles. The number of hydrogen-bond donors (Lipinski definition) is 2. The predicted octanol–water partition coefficient (Wildman–Crippen LogP) is 1.41. The Morgan fingerprint density at radius 1 is 1.33 bits per heavy atom. The maximum atomic E-state index is 11.7. The van der Waals surface area contributed by atoms with Crippen molar-refractivity contribution in [2.24, 2.45) is 0 Å². The molecule has 1 heterocycles. The largest absolute Gasteiger partial charge is 0.479 e. The molecule has 100 valence electrons. The summed E-state index contributed by atoms with van der Waals surface area (Å²) in [6.07, 6.45) is 0. The molecule has 6 nitrogen and oxygen atoms in total. The van der Waals surface area contributed by atoms with Crippen LogP contribution >= 0.6 is 0 Å². The molecule has 0 aliphatic carbocycles. The first-order valence-corrected chi connectivity index (χ1v) is 5.80. The highest BCUT2D eigenvalue weighted by Crippen LogP contribution is 2.27. The zero-order valence-corrected chi connectivity index (χ0v) is 11.3. The molecule has 1 unspecified atom stereocenters. The van der Waals surface area contributed by atoms with Crippen molar-refractivity contribution in [2.75, 3.05) is 0 Å². The number of carbonyl (C=O) groups is 2. The van der Waals surface area contributed by atoms with Crippen molar-refractivity contribution in [3.05, 3.63) is 17.0 Å². The van der Waals surface area contributed by atoms with Crippen molar-refractivity contribution in [1.82, 2.24) is 15.1 Å². The van der Waals surface area contributed by atoms with Crippen molar-refractivity contribution < 1.29 is 14.7 Å². The van der Waals surface area contributed by atoms with Crippen molar-refractivity contribution in [3.63, 3.8) is 0 Å². The number of amides is 1. The van der Waals surface area contributed by atoms with E-state index in [1.54, 1.807) is 27.7 Å². The topological polar surface area (TPSA) is 86.3 Å². The minimum absolute atomic E-state index is 0.197. The summed E-state index contributed by atoms with van der Waals surface area (Å²) in [5, 5.41) is 16.2. The minimum Gasteiger partial charge on any atom is -0.479 e. The fourth-order valence-corrected chi connectivity index (χ4v) is 2.19. The first-order valence-electron chi connectivity index (χ1n) is 5.80. The predicted molar refractivity (Wildman–Crippen MR) is 66.1 cm³/mol. The van der Waals surface area contributed by atoms with Gasteiger partial charge in [0.05, 0.1) is 5.69 Å². The number of nitrogens with one attached hydrogen (secondary N) is 1. The van der Waals surface area contributed by atoms with E-state index >= 15 is 0 Å². The number of H-pyrrole nitrogens is 1. The molecule has 0 fully saturated rings. The van der Waals surface area contributed by atoms with Gasteiger partial charge in [0.25, 0.3) is 0 Å². The molecule has 2 N–H and O–H groups in total. The van der Waals surface area contributed by atoms with Gasteiger partial charge in [0.1, 0.15) is 0 Å². The van der Waals surface area contributed by atoms with Gasteiger partial charge in [-0.2, -0.15) is 5.10 Å². The van der Waals surface area contributed by atoms with Crippen molar-refractivity contribution >= 4 is 11.9 Å². The van der Waals surface area contributed by atoms with E-state index < -0.39 is 12.0 Å². The first kappa shape index (κ1) is 14.2. The summed E-state index contributed by atoms with van der Waals surface area (Å²) in [7, 11) is 0. The molecule has 0 aliphatic rings. The highest BCUT2D eigenvalue weighted by molar-refractivity contribution is 5.84. The molecule has 0 aliphatic heterocycles. The Labute approximate surface area is 106 Å². The quantitative estimate of drug-likeness (QED) is 0.849. The molecule has 1 amide bonds. The van der Waals surface area contributed by atoms with Crippen LogP contribution in [-0.2, 0) is 9.59 Å². The number of nitrogens with zero attached hydrogens (tertiary/aromatic N) is 2. The van der Waals surface area contributed by atoms with Gasteiger partial charge in [0.2, 0.25) is 5.91 Å². The summed E-state index contributed by atoms with van der Waals surface area (Å²) in [6.45, 7) is 8.45. The van der Waals surface area contributed by atoms with Gasteiger partial charge in [-0.3, -0.25) is 9.89 Å². The lowest BCUT2D eigenvalue weighted by atomic mass is 10.0.